The molecule has 0 aliphatic heterocycles. The molecule has 0 radical (unpaired) electrons. The topological polar surface area (TPSA) is 69.7 Å². The number of carbonyl (C=O) groups is 3. The molecule has 0 aliphatic carbocycles. The number of rotatable bonds is 6. The van der Waals surface area contributed by atoms with Gasteiger partial charge in [-0.05, 0) is 44.5 Å². The molecule has 0 bridgehead atoms. The molecule has 21 heavy (non-hydrogen) atoms. The van der Waals surface area contributed by atoms with E-state index in [0.29, 0.717) is 0 Å². The number of hydrogen-bond donors (Lipinski definition) is 0. The van der Waals surface area contributed by atoms with E-state index in [2.05, 4.69) is 0 Å². The molecule has 0 saturated heterocycles. The van der Waals surface area contributed by atoms with E-state index in [-0.39, 0.29) is 24.3 Å². The molecular weight excluding hydrogens is 279 g/mol. The van der Waals surface area contributed by atoms with Crippen molar-refractivity contribution in [2.75, 3.05) is 13.2 Å². The van der Waals surface area contributed by atoms with Gasteiger partial charge in [0, 0.05) is 5.56 Å². The molecule has 0 aromatic heterocycles. The van der Waals surface area contributed by atoms with Crippen LogP contribution in [0.25, 0.3) is 0 Å². The van der Waals surface area contributed by atoms with E-state index in [0.717, 1.165) is 6.07 Å². The summed E-state index contributed by atoms with van der Waals surface area (Å²) in [5.41, 5.74) is 0.298. The highest BCUT2D eigenvalue weighted by molar-refractivity contribution is 6.20. The minimum atomic E-state index is -1.69. The third kappa shape index (κ3) is 4.11. The number of Topliss-reactive ketones (excluding diaryl/α,β-unsaturated/α-hetero) is 1. The Morgan fingerprint density at radius 1 is 1.10 bits per heavy atom. The molecule has 0 aliphatic rings. The standard InChI is InChI=1S/C15H17FO5/c1-4-20-14(18)12(15(19)21-5-2)13(17)10-6-7-11(16)9(3)8-10/h6-8,12H,4-5H2,1-3H3. The van der Waals surface area contributed by atoms with Crippen LogP contribution in [0.1, 0.15) is 29.8 Å². The first kappa shape index (κ1) is 16.8. The molecule has 1 aromatic rings. The number of esters is 2. The molecule has 0 atom stereocenters. The largest absolute Gasteiger partial charge is 0.465 e. The van der Waals surface area contributed by atoms with Gasteiger partial charge in [-0.1, -0.05) is 0 Å². The van der Waals surface area contributed by atoms with Crippen molar-refractivity contribution in [3.05, 3.63) is 35.1 Å². The van der Waals surface area contributed by atoms with Crippen molar-refractivity contribution < 1.29 is 28.2 Å². The summed E-state index contributed by atoms with van der Waals surface area (Å²) in [5, 5.41) is 0. The van der Waals surface area contributed by atoms with Gasteiger partial charge < -0.3 is 9.47 Å². The van der Waals surface area contributed by atoms with Crippen molar-refractivity contribution in [3.8, 4) is 0 Å². The maximum Gasteiger partial charge on any atom is 0.328 e. The summed E-state index contributed by atoms with van der Waals surface area (Å²) >= 11 is 0. The predicted molar refractivity (Wildman–Crippen MR) is 72.2 cm³/mol. The molecule has 1 aromatic carbocycles. The van der Waals surface area contributed by atoms with Gasteiger partial charge in [0.1, 0.15) is 5.82 Å². The Balaban J connectivity index is 3.11. The Morgan fingerprint density at radius 3 is 2.05 bits per heavy atom. The lowest BCUT2D eigenvalue weighted by molar-refractivity contribution is -0.158. The molecule has 0 spiro atoms. The van der Waals surface area contributed by atoms with E-state index in [9.17, 15) is 18.8 Å². The van der Waals surface area contributed by atoms with Crippen molar-refractivity contribution in [3.63, 3.8) is 0 Å². The molecule has 1 rings (SSSR count). The number of aryl methyl sites for hydroxylation is 1. The Bertz CT molecular complexity index is 535. The Morgan fingerprint density at radius 2 is 1.62 bits per heavy atom. The van der Waals surface area contributed by atoms with E-state index in [4.69, 9.17) is 9.47 Å². The number of carbonyl (C=O) groups excluding carboxylic acids is 3. The minimum absolute atomic E-state index is 0.0322. The van der Waals surface area contributed by atoms with E-state index in [1.807, 2.05) is 0 Å². The quantitative estimate of drug-likeness (QED) is 0.456. The molecule has 0 fully saturated rings. The van der Waals surface area contributed by atoms with Gasteiger partial charge in [-0.3, -0.25) is 14.4 Å². The van der Waals surface area contributed by atoms with Gasteiger partial charge in [0.15, 0.2) is 5.78 Å². The minimum Gasteiger partial charge on any atom is -0.465 e. The Hall–Kier alpha value is -2.24. The highest BCUT2D eigenvalue weighted by Crippen LogP contribution is 2.16. The summed E-state index contributed by atoms with van der Waals surface area (Å²) in [5.74, 6) is -4.87. The number of benzene rings is 1. The maximum atomic E-state index is 13.2. The van der Waals surface area contributed by atoms with Crippen LogP contribution in [0.3, 0.4) is 0 Å². The van der Waals surface area contributed by atoms with Gasteiger partial charge in [0.2, 0.25) is 5.92 Å². The van der Waals surface area contributed by atoms with Crippen LogP contribution in [-0.2, 0) is 19.1 Å². The molecule has 0 amide bonds. The van der Waals surface area contributed by atoms with Crippen LogP contribution in [0.15, 0.2) is 18.2 Å². The van der Waals surface area contributed by atoms with Crippen LogP contribution in [0.4, 0.5) is 4.39 Å². The molecular formula is C15H17FO5. The van der Waals surface area contributed by atoms with Crippen LogP contribution in [0, 0.1) is 18.7 Å². The molecule has 0 saturated carbocycles. The smallest absolute Gasteiger partial charge is 0.328 e. The molecule has 6 heteroatoms. The Labute approximate surface area is 122 Å². The highest BCUT2D eigenvalue weighted by Gasteiger charge is 2.37. The summed E-state index contributed by atoms with van der Waals surface area (Å²) in [6.07, 6.45) is 0. The second kappa shape index (κ2) is 7.52. The number of ether oxygens (including phenoxy) is 2. The van der Waals surface area contributed by atoms with Gasteiger partial charge in [0.05, 0.1) is 13.2 Å². The van der Waals surface area contributed by atoms with Crippen molar-refractivity contribution in [1.29, 1.82) is 0 Å². The molecule has 0 N–H and O–H groups in total. The van der Waals surface area contributed by atoms with Crippen LogP contribution in [0.2, 0.25) is 0 Å². The van der Waals surface area contributed by atoms with Gasteiger partial charge in [-0.2, -0.15) is 0 Å². The summed E-state index contributed by atoms with van der Waals surface area (Å²) in [6.45, 7) is 4.67. The lowest BCUT2D eigenvalue weighted by Gasteiger charge is -2.13. The summed E-state index contributed by atoms with van der Waals surface area (Å²) in [4.78, 5) is 35.9. The third-order valence-electron chi connectivity index (χ3n) is 2.75. The average Bonchev–Trinajstić information content (AvgIpc) is 2.42. The van der Waals surface area contributed by atoms with E-state index < -0.39 is 29.5 Å². The first-order valence-electron chi connectivity index (χ1n) is 6.56. The zero-order valence-corrected chi connectivity index (χ0v) is 12.1. The summed E-state index contributed by atoms with van der Waals surface area (Å²) in [6, 6.07) is 3.61. The van der Waals surface area contributed by atoms with Crippen LogP contribution < -0.4 is 0 Å². The monoisotopic (exact) mass is 296 g/mol. The number of halogens is 1. The first-order chi connectivity index (χ1) is 9.92. The fourth-order valence-electron chi connectivity index (χ4n) is 1.73. The molecule has 0 unspecified atom stereocenters. The third-order valence-corrected chi connectivity index (χ3v) is 2.75. The molecule has 0 heterocycles. The van der Waals surface area contributed by atoms with E-state index >= 15 is 0 Å². The fraction of sp³-hybridized carbons (Fsp3) is 0.400. The van der Waals surface area contributed by atoms with Crippen LogP contribution in [-0.4, -0.2) is 30.9 Å². The van der Waals surface area contributed by atoms with Crippen LogP contribution in [0.5, 0.6) is 0 Å². The summed E-state index contributed by atoms with van der Waals surface area (Å²) < 4.78 is 22.7. The second-order valence-electron chi connectivity index (χ2n) is 4.27. The number of hydrogen-bond acceptors (Lipinski definition) is 5. The van der Waals surface area contributed by atoms with E-state index in [1.54, 1.807) is 13.8 Å². The average molecular weight is 296 g/mol. The van der Waals surface area contributed by atoms with Crippen molar-refractivity contribution in [2.45, 2.75) is 20.8 Å². The van der Waals surface area contributed by atoms with Crippen LogP contribution >= 0.6 is 0 Å². The second-order valence-corrected chi connectivity index (χ2v) is 4.27. The normalized spacial score (nSPS) is 10.3. The zero-order valence-electron chi connectivity index (χ0n) is 12.1. The summed E-state index contributed by atoms with van der Waals surface area (Å²) in [7, 11) is 0. The molecule has 5 nitrogen and oxygen atoms in total. The lowest BCUT2D eigenvalue weighted by Crippen LogP contribution is -2.35. The van der Waals surface area contributed by atoms with Crippen molar-refractivity contribution in [1.82, 2.24) is 0 Å². The van der Waals surface area contributed by atoms with Crippen molar-refractivity contribution >= 4 is 17.7 Å². The fourth-order valence-corrected chi connectivity index (χ4v) is 1.73. The zero-order chi connectivity index (χ0) is 16.0. The Kier molecular flexibility index (Phi) is 6.02. The maximum absolute atomic E-state index is 13.2. The molecule has 114 valence electrons. The van der Waals surface area contributed by atoms with Gasteiger partial charge >= 0.3 is 11.9 Å². The number of ketones is 1. The SMILES string of the molecule is CCOC(=O)C(C(=O)OCC)C(=O)c1ccc(F)c(C)c1. The van der Waals surface area contributed by atoms with Gasteiger partial charge in [0.25, 0.3) is 0 Å². The first-order valence-corrected chi connectivity index (χ1v) is 6.56. The van der Waals surface area contributed by atoms with E-state index in [1.165, 1.54) is 19.1 Å². The lowest BCUT2D eigenvalue weighted by atomic mass is 9.96. The highest BCUT2D eigenvalue weighted by atomic mass is 19.1. The van der Waals surface area contributed by atoms with Crippen molar-refractivity contribution in [2.24, 2.45) is 5.92 Å². The van der Waals surface area contributed by atoms with Gasteiger partial charge in [-0.15, -0.1) is 0 Å². The van der Waals surface area contributed by atoms with Gasteiger partial charge in [-0.25, -0.2) is 4.39 Å². The predicted octanol–water partition coefficient (Wildman–Crippen LogP) is 2.06.